The zero-order valence-electron chi connectivity index (χ0n) is 7.91. The van der Waals surface area contributed by atoms with Gasteiger partial charge in [0.25, 0.3) is 0 Å². The molecule has 2 nitrogen and oxygen atoms in total. The molecule has 1 aromatic heterocycles. The molecule has 76 valence electrons. The second kappa shape index (κ2) is 5.66. The molecular weight excluding hydrogens is 200 g/mol. The topological polar surface area (TPSA) is 30.2 Å². The quantitative estimate of drug-likeness (QED) is 0.411. The Morgan fingerprint density at radius 3 is 3.00 bits per heavy atom. The molecule has 0 spiro atoms. The zero-order valence-corrected chi connectivity index (χ0v) is 8.67. The minimum absolute atomic E-state index is 0.313. The largest absolute Gasteiger partial charge is 0.469 e. The van der Waals surface area contributed by atoms with Gasteiger partial charge in [0.1, 0.15) is 5.76 Å². The molecule has 3 heteroatoms. The van der Waals surface area contributed by atoms with Gasteiger partial charge in [0, 0.05) is 0 Å². The molecule has 1 atom stereocenters. The minimum Gasteiger partial charge on any atom is -0.469 e. The fourth-order valence-electron chi connectivity index (χ4n) is 1.32. The summed E-state index contributed by atoms with van der Waals surface area (Å²) in [5, 5.41) is -0.357. The van der Waals surface area contributed by atoms with Crippen molar-refractivity contribution < 1.29 is 9.21 Å². The van der Waals surface area contributed by atoms with Crippen LogP contribution in [0.3, 0.4) is 0 Å². The smallest absolute Gasteiger partial charge is 0.232 e. The van der Waals surface area contributed by atoms with Crippen molar-refractivity contribution >= 4 is 16.8 Å². The molecule has 0 aromatic carbocycles. The second-order valence-electron chi connectivity index (χ2n) is 3.09. The van der Waals surface area contributed by atoms with E-state index in [2.05, 4.69) is 6.58 Å². The SMILES string of the molecule is C=CCCCC(C(=O)Cl)c1ccco1. The highest BCUT2D eigenvalue weighted by atomic mass is 35.5. The number of rotatable bonds is 6. The van der Waals surface area contributed by atoms with Gasteiger partial charge in [-0.2, -0.15) is 0 Å². The Labute approximate surface area is 88.6 Å². The molecular formula is C11H13ClO2. The molecule has 14 heavy (non-hydrogen) atoms. The highest BCUT2D eigenvalue weighted by Gasteiger charge is 2.20. The van der Waals surface area contributed by atoms with Gasteiger partial charge in [-0.3, -0.25) is 4.79 Å². The van der Waals surface area contributed by atoms with Gasteiger partial charge in [-0.25, -0.2) is 0 Å². The minimum atomic E-state index is -0.357. The lowest BCUT2D eigenvalue weighted by atomic mass is 10.0. The third kappa shape index (κ3) is 3.04. The van der Waals surface area contributed by atoms with Crippen LogP contribution in [0.4, 0.5) is 0 Å². The first-order valence-electron chi connectivity index (χ1n) is 4.59. The third-order valence-corrected chi connectivity index (χ3v) is 2.33. The van der Waals surface area contributed by atoms with Crippen molar-refractivity contribution in [2.24, 2.45) is 0 Å². The molecule has 1 unspecified atom stereocenters. The van der Waals surface area contributed by atoms with Gasteiger partial charge >= 0.3 is 0 Å². The van der Waals surface area contributed by atoms with E-state index in [1.165, 1.54) is 0 Å². The third-order valence-electron chi connectivity index (χ3n) is 2.06. The number of unbranched alkanes of at least 4 members (excludes halogenated alkanes) is 1. The van der Waals surface area contributed by atoms with Crippen LogP contribution in [0.5, 0.6) is 0 Å². The number of furan rings is 1. The molecule has 0 fully saturated rings. The van der Waals surface area contributed by atoms with Gasteiger partial charge in [0.05, 0.1) is 12.2 Å². The first-order chi connectivity index (χ1) is 6.75. The molecule has 1 rings (SSSR count). The van der Waals surface area contributed by atoms with Gasteiger partial charge in [-0.15, -0.1) is 6.58 Å². The van der Waals surface area contributed by atoms with E-state index in [1.54, 1.807) is 18.4 Å². The standard InChI is InChI=1S/C11H13ClO2/c1-2-3-4-6-9(11(12)13)10-7-5-8-14-10/h2,5,7-9H,1,3-4,6H2. The Morgan fingerprint density at radius 2 is 2.50 bits per heavy atom. The van der Waals surface area contributed by atoms with E-state index in [0.717, 1.165) is 12.8 Å². The molecule has 1 aromatic rings. The van der Waals surface area contributed by atoms with Crippen molar-refractivity contribution in [3.8, 4) is 0 Å². The maximum atomic E-state index is 11.1. The van der Waals surface area contributed by atoms with Crippen molar-refractivity contribution in [3.63, 3.8) is 0 Å². The van der Waals surface area contributed by atoms with Crippen LogP contribution in [0.25, 0.3) is 0 Å². The highest BCUT2D eigenvalue weighted by Crippen LogP contribution is 2.25. The molecule has 1 heterocycles. The lowest BCUT2D eigenvalue weighted by Crippen LogP contribution is -2.05. The molecule has 0 aliphatic heterocycles. The first kappa shape index (κ1) is 11.1. The van der Waals surface area contributed by atoms with E-state index in [-0.39, 0.29) is 11.2 Å². The summed E-state index contributed by atoms with van der Waals surface area (Å²) >= 11 is 5.49. The van der Waals surface area contributed by atoms with E-state index in [1.807, 2.05) is 6.08 Å². The van der Waals surface area contributed by atoms with Crippen LogP contribution >= 0.6 is 11.6 Å². The normalized spacial score (nSPS) is 12.4. The van der Waals surface area contributed by atoms with Crippen LogP contribution in [0.15, 0.2) is 35.5 Å². The molecule has 0 N–H and O–H groups in total. The molecule has 0 saturated heterocycles. The van der Waals surface area contributed by atoms with Crippen molar-refractivity contribution in [1.29, 1.82) is 0 Å². The van der Waals surface area contributed by atoms with Crippen LogP contribution in [-0.2, 0) is 4.79 Å². The van der Waals surface area contributed by atoms with Crippen LogP contribution in [0.2, 0.25) is 0 Å². The van der Waals surface area contributed by atoms with Crippen LogP contribution < -0.4 is 0 Å². The number of carbonyl (C=O) groups is 1. The van der Waals surface area contributed by atoms with E-state index in [9.17, 15) is 4.79 Å². The summed E-state index contributed by atoms with van der Waals surface area (Å²) in [6.45, 7) is 3.62. The molecule has 0 aliphatic rings. The predicted octanol–water partition coefficient (Wildman–Crippen LogP) is 3.48. The van der Waals surface area contributed by atoms with Crippen molar-refractivity contribution in [1.82, 2.24) is 0 Å². The fraction of sp³-hybridized carbons (Fsp3) is 0.364. The predicted molar refractivity (Wildman–Crippen MR) is 56.4 cm³/mol. The molecule has 0 bridgehead atoms. The number of carbonyl (C=O) groups excluding carboxylic acids is 1. The van der Waals surface area contributed by atoms with Gasteiger partial charge in [0.2, 0.25) is 5.24 Å². The summed E-state index contributed by atoms with van der Waals surface area (Å²) in [5.74, 6) is 0.334. The lowest BCUT2D eigenvalue weighted by Gasteiger charge is -2.07. The summed E-state index contributed by atoms with van der Waals surface area (Å²) in [7, 11) is 0. The van der Waals surface area contributed by atoms with Crippen LogP contribution in [0, 0.1) is 0 Å². The average Bonchev–Trinajstić information content (AvgIpc) is 2.64. The summed E-state index contributed by atoms with van der Waals surface area (Å²) in [5.41, 5.74) is 0. The summed E-state index contributed by atoms with van der Waals surface area (Å²) in [6, 6.07) is 3.54. The van der Waals surface area contributed by atoms with Gasteiger partial charge in [-0.1, -0.05) is 6.08 Å². The van der Waals surface area contributed by atoms with Gasteiger partial charge in [-0.05, 0) is 43.0 Å². The first-order valence-corrected chi connectivity index (χ1v) is 4.97. The number of hydrogen-bond acceptors (Lipinski definition) is 2. The van der Waals surface area contributed by atoms with E-state index < -0.39 is 0 Å². The molecule has 0 amide bonds. The summed E-state index contributed by atoms with van der Waals surface area (Å²) < 4.78 is 5.16. The summed E-state index contributed by atoms with van der Waals surface area (Å²) in [4.78, 5) is 11.1. The average molecular weight is 213 g/mol. The van der Waals surface area contributed by atoms with E-state index >= 15 is 0 Å². The maximum absolute atomic E-state index is 11.1. The van der Waals surface area contributed by atoms with Gasteiger partial charge in [0.15, 0.2) is 0 Å². The summed E-state index contributed by atoms with van der Waals surface area (Å²) in [6.07, 6.45) is 5.88. The van der Waals surface area contributed by atoms with Crippen molar-refractivity contribution in [2.75, 3.05) is 0 Å². The molecule has 0 saturated carbocycles. The van der Waals surface area contributed by atoms with E-state index in [0.29, 0.717) is 12.2 Å². The van der Waals surface area contributed by atoms with E-state index in [4.69, 9.17) is 16.0 Å². The van der Waals surface area contributed by atoms with Crippen LogP contribution in [0.1, 0.15) is 30.9 Å². The Kier molecular flexibility index (Phi) is 4.47. The molecule has 0 radical (unpaired) electrons. The highest BCUT2D eigenvalue weighted by molar-refractivity contribution is 6.64. The lowest BCUT2D eigenvalue weighted by molar-refractivity contribution is -0.113. The number of hydrogen-bond donors (Lipinski definition) is 0. The van der Waals surface area contributed by atoms with Crippen molar-refractivity contribution in [2.45, 2.75) is 25.2 Å². The maximum Gasteiger partial charge on any atom is 0.232 e. The fourth-order valence-corrected chi connectivity index (χ4v) is 1.54. The number of allylic oxidation sites excluding steroid dienone is 1. The van der Waals surface area contributed by atoms with Crippen molar-refractivity contribution in [3.05, 3.63) is 36.8 Å². The molecule has 0 aliphatic carbocycles. The second-order valence-corrected chi connectivity index (χ2v) is 3.46. The van der Waals surface area contributed by atoms with Crippen LogP contribution in [-0.4, -0.2) is 5.24 Å². The van der Waals surface area contributed by atoms with Gasteiger partial charge < -0.3 is 4.42 Å². The zero-order chi connectivity index (χ0) is 10.4. The Balaban J connectivity index is 2.56. The number of halogens is 1. The Bertz CT molecular complexity index is 290. The Hall–Kier alpha value is -1.02. The monoisotopic (exact) mass is 212 g/mol. The Morgan fingerprint density at radius 1 is 1.71 bits per heavy atom.